The van der Waals surface area contributed by atoms with E-state index >= 15 is 0 Å². The molecule has 1 N–H and O–H groups in total. The summed E-state index contributed by atoms with van der Waals surface area (Å²) in [7, 11) is 0. The molecule has 1 aromatic carbocycles. The summed E-state index contributed by atoms with van der Waals surface area (Å²) in [6.45, 7) is 2.77. The number of nitrogens with one attached hydrogen (secondary N) is 1. The third kappa shape index (κ3) is 4.45. The van der Waals surface area contributed by atoms with Crippen LogP contribution in [0.2, 0.25) is 0 Å². The standard InChI is InChI=1S/C18H21F3N2O4/c1-17(2,12-3-4-13-14(6-12)27-10-26-13)8-22-16(25)11-5-15(24)23(7-11)9-18(19,20)21/h3-4,6,11H,5,7-10H2,1-2H3,(H,22,25)/t11-/m1/s1. The molecular weight excluding hydrogens is 365 g/mol. The number of hydrogen-bond donors (Lipinski definition) is 1. The van der Waals surface area contributed by atoms with Crippen LogP contribution in [0.1, 0.15) is 25.8 Å². The molecule has 9 heteroatoms. The van der Waals surface area contributed by atoms with Crippen molar-refractivity contribution in [3.8, 4) is 11.5 Å². The lowest BCUT2D eigenvalue weighted by Gasteiger charge is -2.26. The van der Waals surface area contributed by atoms with E-state index in [1.807, 2.05) is 26.0 Å². The zero-order valence-electron chi connectivity index (χ0n) is 15.1. The molecule has 1 atom stereocenters. The van der Waals surface area contributed by atoms with E-state index in [9.17, 15) is 22.8 Å². The quantitative estimate of drug-likeness (QED) is 0.843. The first-order valence-corrected chi connectivity index (χ1v) is 8.57. The summed E-state index contributed by atoms with van der Waals surface area (Å²) in [6.07, 6.45) is -4.67. The molecule has 0 aromatic heterocycles. The molecule has 0 radical (unpaired) electrons. The zero-order valence-corrected chi connectivity index (χ0v) is 15.1. The van der Waals surface area contributed by atoms with Gasteiger partial charge in [0.2, 0.25) is 18.6 Å². The van der Waals surface area contributed by atoms with Crippen LogP contribution in [-0.4, -0.2) is 49.3 Å². The average Bonchev–Trinajstić information content (AvgIpc) is 3.17. The number of amides is 2. The fourth-order valence-electron chi connectivity index (χ4n) is 3.19. The Labute approximate surface area is 154 Å². The molecule has 2 amide bonds. The Morgan fingerprint density at radius 1 is 1.26 bits per heavy atom. The largest absolute Gasteiger partial charge is 0.454 e. The Kier molecular flexibility index (Phi) is 4.96. The summed E-state index contributed by atoms with van der Waals surface area (Å²) in [5, 5.41) is 2.76. The zero-order chi connectivity index (χ0) is 19.8. The van der Waals surface area contributed by atoms with Crippen LogP contribution in [0.25, 0.3) is 0 Å². The highest BCUT2D eigenvalue weighted by Gasteiger charge is 2.40. The summed E-state index contributed by atoms with van der Waals surface area (Å²) in [4.78, 5) is 24.8. The summed E-state index contributed by atoms with van der Waals surface area (Å²) in [5.74, 6) is -0.541. The van der Waals surface area contributed by atoms with E-state index in [4.69, 9.17) is 9.47 Å². The maximum Gasteiger partial charge on any atom is 0.406 e. The molecule has 0 unspecified atom stereocenters. The lowest BCUT2D eigenvalue weighted by Crippen LogP contribution is -2.41. The van der Waals surface area contributed by atoms with E-state index in [1.165, 1.54) is 0 Å². The number of carbonyl (C=O) groups is 2. The fraction of sp³-hybridized carbons (Fsp3) is 0.556. The minimum Gasteiger partial charge on any atom is -0.454 e. The van der Waals surface area contributed by atoms with Crippen molar-refractivity contribution in [1.82, 2.24) is 10.2 Å². The highest BCUT2D eigenvalue weighted by atomic mass is 19.4. The van der Waals surface area contributed by atoms with E-state index < -0.39 is 35.9 Å². The monoisotopic (exact) mass is 386 g/mol. The third-order valence-corrected chi connectivity index (χ3v) is 4.81. The second kappa shape index (κ2) is 6.94. The number of rotatable bonds is 5. The van der Waals surface area contributed by atoms with Gasteiger partial charge in [0, 0.05) is 24.9 Å². The first kappa shape index (κ1) is 19.3. The van der Waals surface area contributed by atoms with E-state index in [1.54, 1.807) is 6.07 Å². The Morgan fingerprint density at radius 3 is 2.67 bits per heavy atom. The number of fused-ring (bicyclic) bond motifs is 1. The van der Waals surface area contributed by atoms with Crippen molar-refractivity contribution in [2.24, 2.45) is 5.92 Å². The summed E-state index contributed by atoms with van der Waals surface area (Å²) >= 11 is 0. The number of benzene rings is 1. The Hall–Kier alpha value is -2.45. The van der Waals surface area contributed by atoms with E-state index in [2.05, 4.69) is 5.32 Å². The summed E-state index contributed by atoms with van der Waals surface area (Å²) < 4.78 is 48.1. The average molecular weight is 386 g/mol. The van der Waals surface area contributed by atoms with Crippen molar-refractivity contribution in [2.75, 3.05) is 26.4 Å². The number of likely N-dealkylation sites (tertiary alicyclic amines) is 1. The van der Waals surface area contributed by atoms with Crippen molar-refractivity contribution in [2.45, 2.75) is 31.9 Å². The van der Waals surface area contributed by atoms with Gasteiger partial charge in [-0.25, -0.2) is 0 Å². The highest BCUT2D eigenvalue weighted by molar-refractivity contribution is 5.89. The van der Waals surface area contributed by atoms with Crippen LogP contribution < -0.4 is 14.8 Å². The molecule has 0 aliphatic carbocycles. The SMILES string of the molecule is CC(C)(CNC(=O)[C@@H]1CC(=O)N(CC(F)(F)F)C1)c1ccc2c(c1)OCO2. The van der Waals surface area contributed by atoms with Crippen molar-refractivity contribution >= 4 is 11.8 Å². The van der Waals surface area contributed by atoms with Crippen LogP contribution in [-0.2, 0) is 15.0 Å². The molecule has 6 nitrogen and oxygen atoms in total. The number of halogens is 3. The predicted molar refractivity (Wildman–Crippen MR) is 89.3 cm³/mol. The predicted octanol–water partition coefficient (Wildman–Crippen LogP) is 2.22. The van der Waals surface area contributed by atoms with Crippen LogP contribution in [0.4, 0.5) is 13.2 Å². The molecule has 0 bridgehead atoms. The Bertz CT molecular complexity index is 749. The van der Waals surface area contributed by atoms with Gasteiger partial charge in [-0.05, 0) is 17.7 Å². The van der Waals surface area contributed by atoms with Crippen molar-refractivity contribution < 1.29 is 32.2 Å². The number of hydrogen-bond acceptors (Lipinski definition) is 4. The molecule has 1 saturated heterocycles. The number of ether oxygens (including phenoxy) is 2. The van der Waals surface area contributed by atoms with Gasteiger partial charge in [-0.1, -0.05) is 19.9 Å². The summed E-state index contributed by atoms with van der Waals surface area (Å²) in [5.41, 5.74) is 0.485. The maximum absolute atomic E-state index is 12.5. The maximum atomic E-state index is 12.5. The lowest BCUT2D eigenvalue weighted by atomic mass is 9.84. The lowest BCUT2D eigenvalue weighted by molar-refractivity contribution is -0.157. The number of nitrogens with zero attached hydrogens (tertiary/aromatic N) is 1. The minimum atomic E-state index is -4.47. The van der Waals surface area contributed by atoms with Gasteiger partial charge in [-0.2, -0.15) is 13.2 Å². The molecule has 0 spiro atoms. The summed E-state index contributed by atoms with van der Waals surface area (Å²) in [6, 6.07) is 5.52. The number of alkyl halides is 3. The minimum absolute atomic E-state index is 0.167. The van der Waals surface area contributed by atoms with Gasteiger partial charge >= 0.3 is 6.18 Å². The van der Waals surface area contributed by atoms with Crippen LogP contribution in [0.5, 0.6) is 11.5 Å². The molecular formula is C18H21F3N2O4. The highest BCUT2D eigenvalue weighted by Crippen LogP contribution is 2.36. The second-order valence-electron chi connectivity index (χ2n) is 7.46. The smallest absolute Gasteiger partial charge is 0.406 e. The second-order valence-corrected chi connectivity index (χ2v) is 7.46. The molecule has 1 fully saturated rings. The van der Waals surface area contributed by atoms with Crippen molar-refractivity contribution in [3.63, 3.8) is 0 Å². The third-order valence-electron chi connectivity index (χ3n) is 4.81. The van der Waals surface area contributed by atoms with Gasteiger partial charge in [0.05, 0.1) is 5.92 Å². The van der Waals surface area contributed by atoms with E-state index in [0.29, 0.717) is 16.4 Å². The van der Waals surface area contributed by atoms with Crippen LogP contribution in [0, 0.1) is 5.92 Å². The van der Waals surface area contributed by atoms with Gasteiger partial charge in [-0.15, -0.1) is 0 Å². The van der Waals surface area contributed by atoms with Gasteiger partial charge in [0.15, 0.2) is 11.5 Å². The molecule has 27 heavy (non-hydrogen) atoms. The van der Waals surface area contributed by atoms with Crippen LogP contribution in [0.15, 0.2) is 18.2 Å². The normalized spacial score (nSPS) is 19.5. The topological polar surface area (TPSA) is 67.9 Å². The van der Waals surface area contributed by atoms with Crippen LogP contribution >= 0.6 is 0 Å². The first-order valence-electron chi connectivity index (χ1n) is 8.57. The molecule has 3 rings (SSSR count). The Balaban J connectivity index is 1.58. The first-order chi connectivity index (χ1) is 12.5. The van der Waals surface area contributed by atoms with Gasteiger partial charge in [0.25, 0.3) is 0 Å². The van der Waals surface area contributed by atoms with Crippen LogP contribution in [0.3, 0.4) is 0 Å². The molecule has 0 saturated carbocycles. The van der Waals surface area contributed by atoms with Crippen molar-refractivity contribution in [3.05, 3.63) is 23.8 Å². The van der Waals surface area contributed by atoms with Gasteiger partial charge in [-0.3, -0.25) is 9.59 Å². The Morgan fingerprint density at radius 2 is 1.96 bits per heavy atom. The van der Waals surface area contributed by atoms with E-state index in [-0.39, 0.29) is 26.3 Å². The van der Waals surface area contributed by atoms with Gasteiger partial charge in [0.1, 0.15) is 6.54 Å². The van der Waals surface area contributed by atoms with Crippen molar-refractivity contribution in [1.29, 1.82) is 0 Å². The molecule has 2 heterocycles. The molecule has 2 aliphatic heterocycles. The molecule has 2 aliphatic rings. The van der Waals surface area contributed by atoms with Gasteiger partial charge < -0.3 is 19.7 Å². The van der Waals surface area contributed by atoms with E-state index in [0.717, 1.165) is 5.56 Å². The molecule has 148 valence electrons. The number of carbonyl (C=O) groups excluding carboxylic acids is 2. The fourth-order valence-corrected chi connectivity index (χ4v) is 3.19. The molecule has 1 aromatic rings.